The number of nitriles is 1. The highest BCUT2D eigenvalue weighted by atomic mass is 32.1. The van der Waals surface area contributed by atoms with Crippen molar-refractivity contribution in [1.82, 2.24) is 9.78 Å². The summed E-state index contributed by atoms with van der Waals surface area (Å²) in [7, 11) is 0. The van der Waals surface area contributed by atoms with E-state index in [1.54, 1.807) is 25.5 Å². The molecule has 31 heavy (non-hydrogen) atoms. The van der Waals surface area contributed by atoms with Crippen molar-refractivity contribution in [3.05, 3.63) is 68.9 Å². The van der Waals surface area contributed by atoms with Crippen LogP contribution in [0.5, 0.6) is 0 Å². The van der Waals surface area contributed by atoms with Crippen LogP contribution in [0.4, 0.5) is 5.00 Å². The minimum absolute atomic E-state index is 0.120. The number of hydrogen-bond donors (Lipinski definition) is 1. The van der Waals surface area contributed by atoms with Crippen LogP contribution < -0.4 is 5.73 Å². The van der Waals surface area contributed by atoms with Crippen molar-refractivity contribution in [2.75, 3.05) is 12.3 Å². The van der Waals surface area contributed by atoms with E-state index in [0.717, 1.165) is 16.9 Å². The lowest BCUT2D eigenvalue weighted by molar-refractivity contribution is 0.0451. The van der Waals surface area contributed by atoms with Gasteiger partial charge >= 0.3 is 11.9 Å². The highest BCUT2D eigenvalue weighted by molar-refractivity contribution is 7.18. The molecule has 0 saturated carbocycles. The molecular weight excluding hydrogens is 416 g/mol. The van der Waals surface area contributed by atoms with Gasteiger partial charge in [0.2, 0.25) is 0 Å². The number of hydrogen-bond acceptors (Lipinski definition) is 8. The molecule has 0 amide bonds. The third kappa shape index (κ3) is 4.59. The van der Waals surface area contributed by atoms with E-state index in [9.17, 15) is 14.9 Å². The Hall–Kier alpha value is -3.64. The van der Waals surface area contributed by atoms with Crippen LogP contribution in [0.2, 0.25) is 0 Å². The van der Waals surface area contributed by atoms with Gasteiger partial charge in [-0.3, -0.25) is 4.68 Å². The summed E-state index contributed by atoms with van der Waals surface area (Å²) in [6.45, 7) is 5.64. The Kier molecular flexibility index (Phi) is 6.72. The first-order valence-corrected chi connectivity index (χ1v) is 10.4. The van der Waals surface area contributed by atoms with Gasteiger partial charge in [-0.1, -0.05) is 30.3 Å². The Balaban J connectivity index is 1.82. The second kappa shape index (κ2) is 9.45. The van der Waals surface area contributed by atoms with E-state index in [-0.39, 0.29) is 34.2 Å². The third-order valence-electron chi connectivity index (χ3n) is 4.72. The number of benzene rings is 1. The number of carbonyl (C=O) groups excluding carboxylic acids is 2. The van der Waals surface area contributed by atoms with Gasteiger partial charge in [-0.05, 0) is 26.3 Å². The molecule has 8 nitrogen and oxygen atoms in total. The number of nitrogen functional groups attached to an aromatic ring is 1. The second-order valence-electron chi connectivity index (χ2n) is 6.75. The lowest BCUT2D eigenvalue weighted by Crippen LogP contribution is -2.12. The van der Waals surface area contributed by atoms with Crippen LogP contribution in [0.3, 0.4) is 0 Å². The summed E-state index contributed by atoms with van der Waals surface area (Å²) in [4.78, 5) is 25.2. The molecule has 1 aromatic carbocycles. The number of aromatic nitrogens is 2. The van der Waals surface area contributed by atoms with E-state index < -0.39 is 11.9 Å². The predicted molar refractivity (Wildman–Crippen MR) is 116 cm³/mol. The lowest BCUT2D eigenvalue weighted by atomic mass is 10.1. The first-order chi connectivity index (χ1) is 14.9. The molecule has 2 N–H and O–H groups in total. The lowest BCUT2D eigenvalue weighted by Gasteiger charge is -2.08. The third-order valence-corrected chi connectivity index (χ3v) is 5.76. The van der Waals surface area contributed by atoms with E-state index in [1.807, 2.05) is 36.4 Å². The van der Waals surface area contributed by atoms with Crippen molar-refractivity contribution >= 4 is 28.3 Å². The van der Waals surface area contributed by atoms with Crippen LogP contribution in [0.1, 0.15) is 55.0 Å². The Morgan fingerprint density at radius 1 is 1.19 bits per heavy atom. The summed E-state index contributed by atoms with van der Waals surface area (Å²) in [6.07, 6.45) is 0. The molecular formula is C22H22N4O4S. The maximum absolute atomic E-state index is 12.8. The molecule has 0 radical (unpaired) electrons. The Morgan fingerprint density at radius 2 is 1.90 bits per heavy atom. The normalized spacial score (nSPS) is 10.5. The van der Waals surface area contributed by atoms with Gasteiger partial charge in [0.25, 0.3) is 0 Å². The first kappa shape index (κ1) is 22.1. The van der Waals surface area contributed by atoms with Gasteiger partial charge in [0.15, 0.2) is 0 Å². The van der Waals surface area contributed by atoms with Crippen molar-refractivity contribution in [2.45, 2.75) is 33.9 Å². The van der Waals surface area contributed by atoms with Crippen LogP contribution in [0.15, 0.2) is 30.3 Å². The number of aryl methyl sites for hydroxylation is 1. The quantitative estimate of drug-likeness (QED) is 0.560. The maximum Gasteiger partial charge on any atom is 0.348 e. The number of nitrogens with zero attached hydrogens (tertiary/aromatic N) is 3. The number of anilines is 1. The molecule has 0 atom stereocenters. The zero-order chi connectivity index (χ0) is 22.5. The number of carbonyl (C=O) groups is 2. The van der Waals surface area contributed by atoms with E-state index in [4.69, 9.17) is 15.2 Å². The monoisotopic (exact) mass is 438 g/mol. The van der Waals surface area contributed by atoms with Crippen LogP contribution in [-0.4, -0.2) is 28.3 Å². The molecule has 2 heterocycles. The fourth-order valence-corrected chi connectivity index (χ4v) is 4.14. The molecule has 0 fully saturated rings. The summed E-state index contributed by atoms with van der Waals surface area (Å²) >= 11 is 0.946. The van der Waals surface area contributed by atoms with Gasteiger partial charge in [-0.25, -0.2) is 9.59 Å². The molecule has 2 aromatic heterocycles. The largest absolute Gasteiger partial charge is 0.462 e. The standard InChI is InChI=1S/C22H22N4O4S/c1-4-29-22(28)19-17(16(10-23)20(24)31-19)12-30-21(27)18-13(2)25-26(14(18)3)11-15-8-6-5-7-9-15/h5-9H,4,11-12,24H2,1-3H3. The number of esters is 2. The number of thiophene rings is 1. The molecule has 0 bridgehead atoms. The fourth-order valence-electron chi connectivity index (χ4n) is 3.22. The van der Waals surface area contributed by atoms with Gasteiger partial charge in [-0.15, -0.1) is 11.3 Å². The summed E-state index contributed by atoms with van der Waals surface area (Å²) < 4.78 is 12.2. The van der Waals surface area contributed by atoms with Crippen molar-refractivity contribution in [2.24, 2.45) is 0 Å². The van der Waals surface area contributed by atoms with Crippen molar-refractivity contribution in [3.63, 3.8) is 0 Å². The highest BCUT2D eigenvalue weighted by Gasteiger charge is 2.26. The Bertz CT molecular complexity index is 1160. The smallest absolute Gasteiger partial charge is 0.348 e. The highest BCUT2D eigenvalue weighted by Crippen LogP contribution is 2.32. The summed E-state index contributed by atoms with van der Waals surface area (Å²) in [5, 5.41) is 14.1. The van der Waals surface area contributed by atoms with Crippen LogP contribution >= 0.6 is 11.3 Å². The molecule has 3 aromatic rings. The zero-order valence-electron chi connectivity index (χ0n) is 17.5. The molecule has 0 unspecified atom stereocenters. The van der Waals surface area contributed by atoms with Gasteiger partial charge in [0.05, 0.1) is 30.1 Å². The molecule has 160 valence electrons. The van der Waals surface area contributed by atoms with E-state index >= 15 is 0 Å². The van der Waals surface area contributed by atoms with Crippen LogP contribution in [0.25, 0.3) is 0 Å². The fraction of sp³-hybridized carbons (Fsp3) is 0.273. The molecule has 3 rings (SSSR count). The SMILES string of the molecule is CCOC(=O)c1sc(N)c(C#N)c1COC(=O)c1c(C)nn(Cc2ccccc2)c1C. The molecule has 0 aliphatic rings. The summed E-state index contributed by atoms with van der Waals surface area (Å²) in [6, 6.07) is 11.8. The number of nitrogens with two attached hydrogens (primary N) is 1. The van der Waals surface area contributed by atoms with E-state index in [0.29, 0.717) is 23.5 Å². The topological polar surface area (TPSA) is 120 Å². The summed E-state index contributed by atoms with van der Waals surface area (Å²) in [5.74, 6) is -1.19. The van der Waals surface area contributed by atoms with E-state index in [1.165, 1.54) is 0 Å². The molecule has 0 spiro atoms. The molecule has 0 aliphatic heterocycles. The van der Waals surface area contributed by atoms with Crippen molar-refractivity contribution < 1.29 is 19.1 Å². The van der Waals surface area contributed by atoms with Crippen LogP contribution in [-0.2, 0) is 22.6 Å². The Morgan fingerprint density at radius 3 is 2.55 bits per heavy atom. The summed E-state index contributed by atoms with van der Waals surface area (Å²) in [5.41, 5.74) is 8.85. The second-order valence-corrected chi connectivity index (χ2v) is 7.80. The average molecular weight is 439 g/mol. The average Bonchev–Trinajstić information content (AvgIpc) is 3.22. The first-order valence-electron chi connectivity index (χ1n) is 9.60. The molecule has 0 saturated heterocycles. The predicted octanol–water partition coefficient (Wildman–Crippen LogP) is 3.60. The zero-order valence-corrected chi connectivity index (χ0v) is 18.3. The van der Waals surface area contributed by atoms with Crippen molar-refractivity contribution in [1.29, 1.82) is 5.26 Å². The van der Waals surface area contributed by atoms with Gasteiger partial charge < -0.3 is 15.2 Å². The molecule has 0 aliphatic carbocycles. The number of ether oxygens (including phenoxy) is 2. The van der Waals surface area contributed by atoms with Gasteiger partial charge in [0.1, 0.15) is 28.1 Å². The number of rotatable bonds is 7. The van der Waals surface area contributed by atoms with Crippen LogP contribution in [0, 0.1) is 25.2 Å². The van der Waals surface area contributed by atoms with Crippen molar-refractivity contribution in [3.8, 4) is 6.07 Å². The minimum Gasteiger partial charge on any atom is -0.462 e. The molecule has 9 heteroatoms. The van der Waals surface area contributed by atoms with Gasteiger partial charge in [-0.2, -0.15) is 10.4 Å². The Labute approximate surface area is 183 Å². The maximum atomic E-state index is 12.8. The van der Waals surface area contributed by atoms with E-state index in [2.05, 4.69) is 5.10 Å². The minimum atomic E-state index is -0.602. The van der Waals surface area contributed by atoms with Gasteiger partial charge in [0, 0.05) is 5.56 Å².